The van der Waals surface area contributed by atoms with Crippen LogP contribution in [-0.2, 0) is 20.8 Å². The molecule has 0 bridgehead atoms. The third-order valence-corrected chi connectivity index (χ3v) is 5.17. The van der Waals surface area contributed by atoms with Crippen molar-refractivity contribution >= 4 is 5.91 Å². The second-order valence-corrected chi connectivity index (χ2v) is 7.01. The Labute approximate surface area is 150 Å². The van der Waals surface area contributed by atoms with Crippen molar-refractivity contribution in [1.29, 1.82) is 0 Å². The maximum Gasteiger partial charge on any atom is 0.241 e. The molecular formula is C19H30N2O4. The highest BCUT2D eigenvalue weighted by Gasteiger charge is 2.62. The van der Waals surface area contributed by atoms with Gasteiger partial charge in [0.2, 0.25) is 5.91 Å². The van der Waals surface area contributed by atoms with Gasteiger partial charge in [0.1, 0.15) is 17.9 Å². The number of rotatable bonds is 9. The highest BCUT2D eigenvalue weighted by molar-refractivity contribution is 5.88. The van der Waals surface area contributed by atoms with Gasteiger partial charge in [-0.1, -0.05) is 26.0 Å². The summed E-state index contributed by atoms with van der Waals surface area (Å²) in [6.07, 6.45) is 0.572. The number of carbonyl (C=O) groups excluding carboxylic acids is 1. The summed E-state index contributed by atoms with van der Waals surface area (Å²) in [5.41, 5.74) is 6.10. The van der Waals surface area contributed by atoms with E-state index in [1.165, 1.54) is 0 Å². The highest BCUT2D eigenvalue weighted by Crippen LogP contribution is 2.49. The molecule has 1 aliphatic rings. The second kappa shape index (κ2) is 8.17. The van der Waals surface area contributed by atoms with E-state index in [9.17, 15) is 4.79 Å². The topological polar surface area (TPSA) is 82.8 Å². The third kappa shape index (κ3) is 4.14. The average Bonchev–Trinajstić information content (AvgIpc) is 2.60. The fourth-order valence-corrected chi connectivity index (χ4v) is 3.11. The molecule has 0 saturated heterocycles. The number of nitrogens with two attached hydrogens (primary N) is 1. The van der Waals surface area contributed by atoms with Gasteiger partial charge in [-0.2, -0.15) is 0 Å². The van der Waals surface area contributed by atoms with E-state index in [2.05, 4.69) is 5.32 Å². The molecule has 0 aliphatic heterocycles. The number of methoxy groups -OCH3 is 1. The van der Waals surface area contributed by atoms with Crippen molar-refractivity contribution in [2.75, 3.05) is 26.9 Å². The zero-order chi connectivity index (χ0) is 18.5. The first-order chi connectivity index (χ1) is 11.8. The van der Waals surface area contributed by atoms with Crippen molar-refractivity contribution in [1.82, 2.24) is 5.32 Å². The van der Waals surface area contributed by atoms with Gasteiger partial charge in [0.05, 0.1) is 12.7 Å². The van der Waals surface area contributed by atoms with Crippen molar-refractivity contribution in [2.45, 2.75) is 45.4 Å². The van der Waals surface area contributed by atoms with Crippen LogP contribution in [0.4, 0.5) is 0 Å². The summed E-state index contributed by atoms with van der Waals surface area (Å²) in [5, 5.41) is 2.95. The number of amides is 1. The van der Waals surface area contributed by atoms with Crippen molar-refractivity contribution in [3.63, 3.8) is 0 Å². The standard InChI is InChI=1S/C19H30N2O4/c1-5-24-16-12-19(20,18(16,2)3)17(22)21-13-14-6-8-15(9-7-14)25-11-10-23-4/h6-9,16H,5,10-13,20H2,1-4H3,(H,21,22). The smallest absolute Gasteiger partial charge is 0.241 e. The zero-order valence-electron chi connectivity index (χ0n) is 15.6. The summed E-state index contributed by atoms with van der Waals surface area (Å²) < 4.78 is 16.1. The first kappa shape index (κ1) is 19.7. The molecule has 2 rings (SSSR count). The van der Waals surface area contributed by atoms with Gasteiger partial charge in [-0.25, -0.2) is 0 Å². The molecule has 25 heavy (non-hydrogen) atoms. The molecule has 2 unspecified atom stereocenters. The Kier molecular flexibility index (Phi) is 6.43. The molecule has 1 saturated carbocycles. The lowest BCUT2D eigenvalue weighted by Gasteiger charge is -2.57. The first-order valence-corrected chi connectivity index (χ1v) is 8.74. The van der Waals surface area contributed by atoms with E-state index in [1.54, 1.807) is 7.11 Å². The molecule has 1 aromatic rings. The summed E-state index contributed by atoms with van der Waals surface area (Å²) in [6, 6.07) is 7.63. The van der Waals surface area contributed by atoms with Crippen molar-refractivity contribution in [3.8, 4) is 5.75 Å². The predicted octanol–water partition coefficient (Wildman–Crippen LogP) is 1.86. The van der Waals surface area contributed by atoms with Crippen molar-refractivity contribution < 1.29 is 19.0 Å². The van der Waals surface area contributed by atoms with Crippen LogP contribution in [-0.4, -0.2) is 44.5 Å². The largest absolute Gasteiger partial charge is 0.491 e. The third-order valence-electron chi connectivity index (χ3n) is 5.17. The Morgan fingerprint density at radius 2 is 1.96 bits per heavy atom. The van der Waals surface area contributed by atoms with Crippen LogP contribution in [0.15, 0.2) is 24.3 Å². The van der Waals surface area contributed by atoms with Crippen LogP contribution < -0.4 is 15.8 Å². The Morgan fingerprint density at radius 3 is 2.52 bits per heavy atom. The van der Waals surface area contributed by atoms with Crippen LogP contribution in [0.5, 0.6) is 5.75 Å². The number of ether oxygens (including phenoxy) is 3. The summed E-state index contributed by atoms with van der Waals surface area (Å²) in [6.45, 7) is 8.06. The first-order valence-electron chi connectivity index (χ1n) is 8.74. The number of carbonyl (C=O) groups is 1. The molecule has 6 nitrogen and oxygen atoms in total. The fraction of sp³-hybridized carbons (Fsp3) is 0.632. The van der Waals surface area contributed by atoms with Crippen LogP contribution in [0, 0.1) is 5.41 Å². The molecule has 1 fully saturated rings. The fourth-order valence-electron chi connectivity index (χ4n) is 3.11. The van der Waals surface area contributed by atoms with Gasteiger partial charge in [0, 0.05) is 32.1 Å². The number of benzene rings is 1. The van der Waals surface area contributed by atoms with E-state index in [0.29, 0.717) is 32.8 Å². The minimum Gasteiger partial charge on any atom is -0.491 e. The summed E-state index contributed by atoms with van der Waals surface area (Å²) in [5.74, 6) is 0.649. The Bertz CT molecular complexity index is 573. The lowest BCUT2D eigenvalue weighted by Crippen LogP contribution is -2.75. The summed E-state index contributed by atoms with van der Waals surface area (Å²) in [4.78, 5) is 12.6. The molecule has 0 aromatic heterocycles. The monoisotopic (exact) mass is 350 g/mol. The number of hydrogen-bond acceptors (Lipinski definition) is 5. The molecule has 2 atom stereocenters. The molecular weight excluding hydrogens is 320 g/mol. The number of nitrogens with one attached hydrogen (secondary N) is 1. The van der Waals surface area contributed by atoms with Gasteiger partial charge in [-0.3, -0.25) is 4.79 Å². The van der Waals surface area contributed by atoms with Gasteiger partial charge < -0.3 is 25.3 Å². The van der Waals surface area contributed by atoms with E-state index in [4.69, 9.17) is 19.9 Å². The lowest BCUT2D eigenvalue weighted by atomic mass is 9.54. The number of hydrogen-bond donors (Lipinski definition) is 2. The average molecular weight is 350 g/mol. The van der Waals surface area contributed by atoms with Crippen LogP contribution in [0.1, 0.15) is 32.8 Å². The SMILES string of the molecule is CCOC1CC(N)(C(=O)NCc2ccc(OCCOC)cc2)C1(C)C. The van der Waals surface area contributed by atoms with E-state index >= 15 is 0 Å². The molecule has 3 N–H and O–H groups in total. The molecule has 0 radical (unpaired) electrons. The molecule has 1 aliphatic carbocycles. The van der Waals surface area contributed by atoms with Crippen LogP contribution >= 0.6 is 0 Å². The van der Waals surface area contributed by atoms with Gasteiger partial charge in [-0.05, 0) is 24.6 Å². The molecule has 1 aromatic carbocycles. The quantitative estimate of drug-likeness (QED) is 0.664. The van der Waals surface area contributed by atoms with E-state index < -0.39 is 5.54 Å². The van der Waals surface area contributed by atoms with Crippen molar-refractivity contribution in [3.05, 3.63) is 29.8 Å². The van der Waals surface area contributed by atoms with Crippen LogP contribution in [0.25, 0.3) is 0 Å². The minimum atomic E-state index is -0.893. The Morgan fingerprint density at radius 1 is 1.28 bits per heavy atom. The van der Waals surface area contributed by atoms with Crippen LogP contribution in [0.3, 0.4) is 0 Å². The van der Waals surface area contributed by atoms with Gasteiger partial charge in [-0.15, -0.1) is 0 Å². The van der Waals surface area contributed by atoms with E-state index in [0.717, 1.165) is 11.3 Å². The summed E-state index contributed by atoms with van der Waals surface area (Å²) >= 11 is 0. The predicted molar refractivity (Wildman–Crippen MR) is 96.4 cm³/mol. The second-order valence-electron chi connectivity index (χ2n) is 7.01. The van der Waals surface area contributed by atoms with Gasteiger partial charge in [0.25, 0.3) is 0 Å². The normalized spacial score (nSPS) is 24.4. The van der Waals surface area contributed by atoms with Gasteiger partial charge >= 0.3 is 0 Å². The Balaban J connectivity index is 1.86. The lowest BCUT2D eigenvalue weighted by molar-refractivity contribution is -0.170. The van der Waals surface area contributed by atoms with Crippen LogP contribution in [0.2, 0.25) is 0 Å². The Hall–Kier alpha value is -1.63. The highest BCUT2D eigenvalue weighted by atomic mass is 16.5. The molecule has 0 spiro atoms. The maximum atomic E-state index is 12.6. The zero-order valence-corrected chi connectivity index (χ0v) is 15.6. The molecule has 6 heteroatoms. The summed E-state index contributed by atoms with van der Waals surface area (Å²) in [7, 11) is 1.64. The molecule has 140 valence electrons. The van der Waals surface area contributed by atoms with E-state index in [-0.39, 0.29) is 17.4 Å². The maximum absolute atomic E-state index is 12.6. The van der Waals surface area contributed by atoms with E-state index in [1.807, 2.05) is 45.0 Å². The molecule has 0 heterocycles. The molecule has 1 amide bonds. The van der Waals surface area contributed by atoms with Gasteiger partial charge in [0.15, 0.2) is 0 Å². The van der Waals surface area contributed by atoms with Crippen molar-refractivity contribution in [2.24, 2.45) is 11.1 Å². The minimum absolute atomic E-state index is 0.0248.